The first kappa shape index (κ1) is 17.2. The van der Waals surface area contributed by atoms with E-state index in [1.54, 1.807) is 11.3 Å². The van der Waals surface area contributed by atoms with Crippen molar-refractivity contribution in [3.63, 3.8) is 0 Å². The molecule has 0 atom stereocenters. The summed E-state index contributed by atoms with van der Waals surface area (Å²) in [5, 5.41) is 3.44. The Balaban J connectivity index is 0.00000180. The van der Waals surface area contributed by atoms with Gasteiger partial charge in [0, 0.05) is 25.5 Å². The van der Waals surface area contributed by atoms with E-state index < -0.39 is 0 Å². The van der Waals surface area contributed by atoms with Crippen molar-refractivity contribution < 1.29 is 0 Å². The lowest BCUT2D eigenvalue weighted by Gasteiger charge is -2.21. The van der Waals surface area contributed by atoms with E-state index in [1.807, 2.05) is 7.05 Å². The standard InChI is InChI=1S/C13H20BrN3S.HI/c1-15-13(16-8-7-10-3-4-10)17(2)9-11-5-6-12(14)18-11;/h5-6,10H,3-4,7-9H2,1-2H3,(H,15,16);1H. The lowest BCUT2D eigenvalue weighted by Crippen LogP contribution is -2.38. The van der Waals surface area contributed by atoms with Crippen LogP contribution in [0.4, 0.5) is 0 Å². The monoisotopic (exact) mass is 457 g/mol. The Labute approximate surface area is 145 Å². The Bertz CT molecular complexity index is 418. The number of aliphatic imine (C=N–C) groups is 1. The third-order valence-corrected chi connectivity index (χ3v) is 4.74. The minimum atomic E-state index is 0. The second-order valence-corrected chi connectivity index (χ2v) is 7.32. The van der Waals surface area contributed by atoms with Gasteiger partial charge in [-0.05, 0) is 40.4 Å². The van der Waals surface area contributed by atoms with E-state index in [9.17, 15) is 0 Å². The molecule has 0 aromatic carbocycles. The molecule has 0 bridgehead atoms. The van der Waals surface area contributed by atoms with Crippen LogP contribution in [-0.4, -0.2) is 31.5 Å². The average molecular weight is 458 g/mol. The van der Waals surface area contributed by atoms with Gasteiger partial charge in [0.15, 0.2) is 5.96 Å². The van der Waals surface area contributed by atoms with Gasteiger partial charge in [0.2, 0.25) is 0 Å². The molecular formula is C13H21BrIN3S. The number of halogens is 2. The third-order valence-electron chi connectivity index (χ3n) is 3.13. The summed E-state index contributed by atoms with van der Waals surface area (Å²) in [6.45, 7) is 1.94. The summed E-state index contributed by atoms with van der Waals surface area (Å²) in [6.07, 6.45) is 4.11. The van der Waals surface area contributed by atoms with Gasteiger partial charge < -0.3 is 10.2 Å². The van der Waals surface area contributed by atoms with Crippen molar-refractivity contribution in [1.29, 1.82) is 0 Å². The summed E-state index contributed by atoms with van der Waals surface area (Å²) >= 11 is 5.27. The second kappa shape index (κ2) is 8.46. The van der Waals surface area contributed by atoms with E-state index in [-0.39, 0.29) is 24.0 Å². The molecule has 1 fully saturated rings. The molecule has 1 saturated carbocycles. The summed E-state index contributed by atoms with van der Waals surface area (Å²) in [6, 6.07) is 4.25. The molecule has 108 valence electrons. The van der Waals surface area contributed by atoms with Crippen molar-refractivity contribution in [1.82, 2.24) is 10.2 Å². The molecule has 1 N–H and O–H groups in total. The summed E-state index contributed by atoms with van der Waals surface area (Å²) in [5.74, 6) is 1.95. The SMILES string of the molecule is CN=C(NCCC1CC1)N(C)Cc1ccc(Br)s1.I. The molecule has 0 unspecified atom stereocenters. The van der Waals surface area contributed by atoms with Crippen molar-refractivity contribution in [3.8, 4) is 0 Å². The van der Waals surface area contributed by atoms with Crippen LogP contribution in [0.2, 0.25) is 0 Å². The van der Waals surface area contributed by atoms with Crippen LogP contribution in [-0.2, 0) is 6.54 Å². The molecule has 6 heteroatoms. The molecule has 0 saturated heterocycles. The Morgan fingerprint density at radius 1 is 1.53 bits per heavy atom. The zero-order valence-electron chi connectivity index (χ0n) is 11.4. The smallest absolute Gasteiger partial charge is 0.193 e. The van der Waals surface area contributed by atoms with Crippen molar-refractivity contribution in [2.75, 3.05) is 20.6 Å². The Kier molecular flexibility index (Phi) is 7.68. The molecule has 1 heterocycles. The first-order chi connectivity index (χ1) is 8.69. The van der Waals surface area contributed by atoms with Gasteiger partial charge in [-0.15, -0.1) is 35.3 Å². The number of thiophene rings is 1. The largest absolute Gasteiger partial charge is 0.356 e. The Morgan fingerprint density at radius 2 is 2.26 bits per heavy atom. The normalized spacial score (nSPS) is 15.0. The van der Waals surface area contributed by atoms with E-state index in [4.69, 9.17) is 0 Å². The zero-order chi connectivity index (χ0) is 13.0. The highest BCUT2D eigenvalue weighted by molar-refractivity contribution is 14.0. The van der Waals surface area contributed by atoms with Gasteiger partial charge >= 0.3 is 0 Å². The number of hydrogen-bond acceptors (Lipinski definition) is 2. The van der Waals surface area contributed by atoms with Crippen LogP contribution < -0.4 is 5.32 Å². The predicted molar refractivity (Wildman–Crippen MR) is 97.6 cm³/mol. The molecule has 19 heavy (non-hydrogen) atoms. The maximum atomic E-state index is 4.33. The average Bonchev–Trinajstić information content (AvgIpc) is 3.08. The van der Waals surface area contributed by atoms with Gasteiger partial charge in [0.1, 0.15) is 0 Å². The highest BCUT2D eigenvalue weighted by Crippen LogP contribution is 2.31. The molecule has 1 aliphatic carbocycles. The van der Waals surface area contributed by atoms with Crippen LogP contribution in [0, 0.1) is 5.92 Å². The molecule has 2 rings (SSSR count). The van der Waals surface area contributed by atoms with Gasteiger partial charge in [-0.3, -0.25) is 4.99 Å². The van der Waals surface area contributed by atoms with Crippen LogP contribution >= 0.6 is 51.2 Å². The minimum absolute atomic E-state index is 0. The third kappa shape index (κ3) is 5.99. The van der Waals surface area contributed by atoms with E-state index in [1.165, 1.54) is 27.9 Å². The molecule has 0 radical (unpaired) electrons. The molecular weight excluding hydrogens is 437 g/mol. The first-order valence-electron chi connectivity index (χ1n) is 6.35. The maximum absolute atomic E-state index is 4.33. The van der Waals surface area contributed by atoms with Crippen LogP contribution in [0.3, 0.4) is 0 Å². The quantitative estimate of drug-likeness (QED) is 0.412. The van der Waals surface area contributed by atoms with Crippen molar-refractivity contribution in [2.45, 2.75) is 25.8 Å². The maximum Gasteiger partial charge on any atom is 0.193 e. The van der Waals surface area contributed by atoms with E-state index in [0.29, 0.717) is 0 Å². The molecule has 1 aromatic rings. The number of guanidine groups is 1. The molecule has 1 aromatic heterocycles. The van der Waals surface area contributed by atoms with Crippen molar-refractivity contribution >= 4 is 57.2 Å². The van der Waals surface area contributed by atoms with E-state index >= 15 is 0 Å². The van der Waals surface area contributed by atoms with Gasteiger partial charge in [-0.1, -0.05) is 12.8 Å². The lowest BCUT2D eigenvalue weighted by molar-refractivity contribution is 0.478. The fourth-order valence-corrected chi connectivity index (χ4v) is 3.46. The highest BCUT2D eigenvalue weighted by atomic mass is 127. The Hall–Kier alpha value is 0.180. The van der Waals surface area contributed by atoms with Crippen molar-refractivity contribution in [3.05, 3.63) is 20.8 Å². The summed E-state index contributed by atoms with van der Waals surface area (Å²) in [4.78, 5) is 7.85. The van der Waals surface area contributed by atoms with Crippen LogP contribution in [0.15, 0.2) is 20.9 Å². The second-order valence-electron chi connectivity index (χ2n) is 4.77. The number of hydrogen-bond donors (Lipinski definition) is 1. The fraction of sp³-hybridized carbons (Fsp3) is 0.615. The zero-order valence-corrected chi connectivity index (χ0v) is 16.1. The van der Waals surface area contributed by atoms with Gasteiger partial charge in [0.25, 0.3) is 0 Å². The number of nitrogens with zero attached hydrogens (tertiary/aromatic N) is 2. The lowest BCUT2D eigenvalue weighted by atomic mass is 10.3. The van der Waals surface area contributed by atoms with Gasteiger partial charge in [0.05, 0.1) is 10.3 Å². The highest BCUT2D eigenvalue weighted by Gasteiger charge is 2.20. The predicted octanol–water partition coefficient (Wildman–Crippen LogP) is 3.94. The molecule has 3 nitrogen and oxygen atoms in total. The van der Waals surface area contributed by atoms with E-state index in [2.05, 4.69) is 50.3 Å². The van der Waals surface area contributed by atoms with Crippen LogP contribution in [0.5, 0.6) is 0 Å². The molecule has 0 amide bonds. The van der Waals surface area contributed by atoms with Gasteiger partial charge in [-0.2, -0.15) is 0 Å². The van der Waals surface area contributed by atoms with Crippen molar-refractivity contribution in [2.24, 2.45) is 10.9 Å². The summed E-state index contributed by atoms with van der Waals surface area (Å²) in [7, 11) is 3.93. The Morgan fingerprint density at radius 3 is 2.79 bits per heavy atom. The molecule has 0 spiro atoms. The van der Waals surface area contributed by atoms with E-state index in [0.717, 1.165) is 25.0 Å². The minimum Gasteiger partial charge on any atom is -0.356 e. The number of rotatable bonds is 5. The van der Waals surface area contributed by atoms with Crippen LogP contribution in [0.1, 0.15) is 24.1 Å². The first-order valence-corrected chi connectivity index (χ1v) is 7.96. The van der Waals surface area contributed by atoms with Crippen LogP contribution in [0.25, 0.3) is 0 Å². The fourth-order valence-electron chi connectivity index (χ4n) is 1.92. The molecule has 0 aliphatic heterocycles. The topological polar surface area (TPSA) is 27.6 Å². The summed E-state index contributed by atoms with van der Waals surface area (Å²) < 4.78 is 1.18. The number of nitrogens with one attached hydrogen (secondary N) is 1. The summed E-state index contributed by atoms with van der Waals surface area (Å²) in [5.41, 5.74) is 0. The molecule has 1 aliphatic rings. The van der Waals surface area contributed by atoms with Gasteiger partial charge in [-0.25, -0.2) is 0 Å².